The molecule has 2 amide bonds. The molecule has 2 aromatic carbocycles. The van der Waals surface area contributed by atoms with E-state index in [1.165, 1.54) is 12.1 Å². The zero-order valence-corrected chi connectivity index (χ0v) is 13.9. The van der Waals surface area contributed by atoms with Gasteiger partial charge >= 0.3 is 6.03 Å². The predicted octanol–water partition coefficient (Wildman–Crippen LogP) is 2.87. The fourth-order valence-electron chi connectivity index (χ4n) is 1.93. The standard InChI is InChI=1S/C15H16ClN3O3S/c1-10(11-2-8-14(9-3-11)23(17,21)22)18-15(20)19-13-6-4-12(16)5-7-13/h2-10H,1H3,(H2,17,21,22)(H2,18,19,20)/t10-/m0/s1. The minimum Gasteiger partial charge on any atom is -0.331 e. The number of amides is 2. The van der Waals surface area contributed by atoms with Crippen LogP contribution in [0, 0.1) is 0 Å². The van der Waals surface area contributed by atoms with Gasteiger partial charge in [-0.05, 0) is 48.9 Å². The molecule has 0 aromatic heterocycles. The third kappa shape index (κ3) is 4.95. The Labute approximate surface area is 139 Å². The summed E-state index contributed by atoms with van der Waals surface area (Å²) in [5.74, 6) is 0. The van der Waals surface area contributed by atoms with E-state index in [4.69, 9.17) is 16.7 Å². The first-order chi connectivity index (χ1) is 10.8. The van der Waals surface area contributed by atoms with Gasteiger partial charge in [-0.2, -0.15) is 0 Å². The average Bonchev–Trinajstić information content (AvgIpc) is 2.49. The van der Waals surface area contributed by atoms with Gasteiger partial charge < -0.3 is 10.6 Å². The Balaban J connectivity index is 1.99. The van der Waals surface area contributed by atoms with E-state index >= 15 is 0 Å². The third-order valence-electron chi connectivity index (χ3n) is 3.16. The van der Waals surface area contributed by atoms with Gasteiger partial charge in [0.1, 0.15) is 0 Å². The molecule has 23 heavy (non-hydrogen) atoms. The fourth-order valence-corrected chi connectivity index (χ4v) is 2.57. The number of halogens is 1. The minimum absolute atomic E-state index is 0.0269. The Hall–Kier alpha value is -2.09. The summed E-state index contributed by atoms with van der Waals surface area (Å²) in [6.07, 6.45) is 0. The van der Waals surface area contributed by atoms with Gasteiger partial charge in [0.2, 0.25) is 10.0 Å². The molecule has 0 spiro atoms. The number of anilines is 1. The molecular formula is C15H16ClN3O3S. The molecule has 0 saturated heterocycles. The molecule has 8 heteroatoms. The van der Waals surface area contributed by atoms with Crippen molar-refractivity contribution in [3.05, 3.63) is 59.1 Å². The first kappa shape index (κ1) is 17.3. The van der Waals surface area contributed by atoms with Crippen LogP contribution < -0.4 is 15.8 Å². The van der Waals surface area contributed by atoms with E-state index in [-0.39, 0.29) is 17.0 Å². The van der Waals surface area contributed by atoms with E-state index in [9.17, 15) is 13.2 Å². The molecule has 0 aliphatic heterocycles. The van der Waals surface area contributed by atoms with Crippen molar-refractivity contribution in [2.45, 2.75) is 17.9 Å². The van der Waals surface area contributed by atoms with Crippen LogP contribution in [0.2, 0.25) is 5.02 Å². The number of carbonyl (C=O) groups is 1. The van der Waals surface area contributed by atoms with Crippen molar-refractivity contribution in [2.24, 2.45) is 5.14 Å². The second-order valence-corrected chi connectivity index (χ2v) is 6.94. The molecule has 0 aliphatic rings. The molecule has 2 rings (SSSR count). The lowest BCUT2D eigenvalue weighted by Gasteiger charge is -2.15. The van der Waals surface area contributed by atoms with Crippen LogP contribution >= 0.6 is 11.6 Å². The average molecular weight is 354 g/mol. The number of urea groups is 1. The lowest BCUT2D eigenvalue weighted by Crippen LogP contribution is -2.31. The van der Waals surface area contributed by atoms with E-state index in [2.05, 4.69) is 10.6 Å². The second kappa shape index (κ2) is 6.99. The smallest absolute Gasteiger partial charge is 0.319 e. The summed E-state index contributed by atoms with van der Waals surface area (Å²) in [7, 11) is -3.72. The number of sulfonamides is 1. The molecule has 0 bridgehead atoms. The summed E-state index contributed by atoms with van der Waals surface area (Å²) < 4.78 is 22.4. The quantitative estimate of drug-likeness (QED) is 0.787. The minimum atomic E-state index is -3.72. The number of nitrogens with one attached hydrogen (secondary N) is 2. The highest BCUT2D eigenvalue weighted by Gasteiger charge is 2.12. The number of hydrogen-bond donors (Lipinski definition) is 3. The number of benzene rings is 2. The van der Waals surface area contributed by atoms with Gasteiger partial charge in [-0.1, -0.05) is 23.7 Å². The summed E-state index contributed by atoms with van der Waals surface area (Å²) in [6.45, 7) is 1.79. The SMILES string of the molecule is C[C@H](NC(=O)Nc1ccc(Cl)cc1)c1ccc(S(N)(=O)=O)cc1. The van der Waals surface area contributed by atoms with E-state index in [0.29, 0.717) is 10.7 Å². The maximum atomic E-state index is 11.9. The molecule has 1 atom stereocenters. The monoisotopic (exact) mass is 353 g/mol. The largest absolute Gasteiger partial charge is 0.331 e. The summed E-state index contributed by atoms with van der Waals surface area (Å²) in [6, 6.07) is 12.0. The van der Waals surface area contributed by atoms with Gasteiger partial charge in [0.15, 0.2) is 0 Å². The second-order valence-electron chi connectivity index (χ2n) is 4.94. The Morgan fingerprint density at radius 1 is 1.09 bits per heavy atom. The van der Waals surface area contributed by atoms with Crippen molar-refractivity contribution < 1.29 is 13.2 Å². The van der Waals surface area contributed by atoms with Crippen LogP contribution in [0.4, 0.5) is 10.5 Å². The van der Waals surface area contributed by atoms with E-state index < -0.39 is 10.0 Å². The van der Waals surface area contributed by atoms with E-state index in [0.717, 1.165) is 5.56 Å². The molecule has 0 aliphatic carbocycles. The molecule has 0 radical (unpaired) electrons. The van der Waals surface area contributed by atoms with Gasteiger partial charge in [-0.25, -0.2) is 18.4 Å². The Kier molecular flexibility index (Phi) is 5.25. The molecule has 0 fully saturated rings. The summed E-state index contributed by atoms with van der Waals surface area (Å²) >= 11 is 5.78. The maximum Gasteiger partial charge on any atom is 0.319 e. The van der Waals surface area contributed by atoms with E-state index in [1.807, 2.05) is 0 Å². The number of nitrogens with two attached hydrogens (primary N) is 1. The Morgan fingerprint density at radius 2 is 1.65 bits per heavy atom. The molecule has 6 nitrogen and oxygen atoms in total. The Morgan fingerprint density at radius 3 is 2.17 bits per heavy atom. The van der Waals surface area contributed by atoms with Crippen molar-refractivity contribution >= 4 is 33.3 Å². The van der Waals surface area contributed by atoms with Crippen LogP contribution in [0.1, 0.15) is 18.5 Å². The van der Waals surface area contributed by atoms with Crippen molar-refractivity contribution in [3.63, 3.8) is 0 Å². The molecule has 122 valence electrons. The van der Waals surface area contributed by atoms with Crippen molar-refractivity contribution in [3.8, 4) is 0 Å². The molecule has 0 heterocycles. The van der Waals surface area contributed by atoms with Crippen LogP contribution in [0.5, 0.6) is 0 Å². The summed E-state index contributed by atoms with van der Waals surface area (Å²) in [5, 5.41) is 11.1. The fraction of sp³-hybridized carbons (Fsp3) is 0.133. The van der Waals surface area contributed by atoms with Crippen LogP contribution in [0.3, 0.4) is 0 Å². The van der Waals surface area contributed by atoms with Gasteiger partial charge in [-0.15, -0.1) is 0 Å². The normalized spacial score (nSPS) is 12.5. The highest BCUT2D eigenvalue weighted by Crippen LogP contribution is 2.16. The molecule has 0 unspecified atom stereocenters. The topological polar surface area (TPSA) is 101 Å². The lowest BCUT2D eigenvalue weighted by atomic mass is 10.1. The number of rotatable bonds is 4. The van der Waals surface area contributed by atoms with Gasteiger partial charge in [0.05, 0.1) is 10.9 Å². The van der Waals surface area contributed by atoms with Gasteiger partial charge in [-0.3, -0.25) is 0 Å². The summed E-state index contributed by atoms with van der Waals surface area (Å²) in [4.78, 5) is 12.0. The van der Waals surface area contributed by atoms with E-state index in [1.54, 1.807) is 43.3 Å². The molecular weight excluding hydrogens is 338 g/mol. The van der Waals surface area contributed by atoms with Crippen LogP contribution in [-0.4, -0.2) is 14.4 Å². The molecule has 2 aromatic rings. The zero-order chi connectivity index (χ0) is 17.0. The first-order valence-corrected chi connectivity index (χ1v) is 8.64. The number of carbonyl (C=O) groups excluding carboxylic acids is 1. The molecule has 4 N–H and O–H groups in total. The predicted molar refractivity (Wildman–Crippen MR) is 89.8 cm³/mol. The third-order valence-corrected chi connectivity index (χ3v) is 4.34. The van der Waals surface area contributed by atoms with Crippen LogP contribution in [-0.2, 0) is 10.0 Å². The number of primary sulfonamides is 1. The summed E-state index contributed by atoms with van der Waals surface area (Å²) in [5.41, 5.74) is 1.37. The highest BCUT2D eigenvalue weighted by atomic mass is 35.5. The Bertz CT molecular complexity index is 790. The van der Waals surface area contributed by atoms with Crippen LogP contribution in [0.25, 0.3) is 0 Å². The first-order valence-electron chi connectivity index (χ1n) is 6.71. The van der Waals surface area contributed by atoms with Crippen molar-refractivity contribution in [1.82, 2.24) is 5.32 Å². The number of hydrogen-bond acceptors (Lipinski definition) is 3. The zero-order valence-electron chi connectivity index (χ0n) is 12.3. The van der Waals surface area contributed by atoms with Gasteiger partial charge in [0, 0.05) is 10.7 Å². The van der Waals surface area contributed by atoms with Crippen molar-refractivity contribution in [1.29, 1.82) is 0 Å². The highest BCUT2D eigenvalue weighted by molar-refractivity contribution is 7.89. The molecule has 0 saturated carbocycles. The maximum absolute atomic E-state index is 11.9. The van der Waals surface area contributed by atoms with Gasteiger partial charge in [0.25, 0.3) is 0 Å². The lowest BCUT2D eigenvalue weighted by molar-refractivity contribution is 0.249. The van der Waals surface area contributed by atoms with Crippen molar-refractivity contribution in [2.75, 3.05) is 5.32 Å². The van der Waals surface area contributed by atoms with Crippen LogP contribution in [0.15, 0.2) is 53.4 Å².